The zero-order valence-corrected chi connectivity index (χ0v) is 31.7. The second-order valence-electron chi connectivity index (χ2n) is 15.7. The van der Waals surface area contributed by atoms with Crippen LogP contribution in [-0.2, 0) is 16.2 Å². The van der Waals surface area contributed by atoms with E-state index < -0.39 is 30.4 Å². The molecule has 1 aliphatic carbocycles. The lowest BCUT2D eigenvalue weighted by Crippen LogP contribution is -2.52. The highest BCUT2D eigenvalue weighted by Gasteiger charge is 2.50. The van der Waals surface area contributed by atoms with Crippen molar-refractivity contribution in [1.29, 1.82) is 0 Å². The van der Waals surface area contributed by atoms with Crippen molar-refractivity contribution in [2.75, 3.05) is 52.8 Å². The van der Waals surface area contributed by atoms with Crippen molar-refractivity contribution in [2.24, 2.45) is 35.0 Å². The normalized spacial score (nSPS) is 25.5. The van der Waals surface area contributed by atoms with Gasteiger partial charge in [-0.2, -0.15) is 5.06 Å². The Morgan fingerprint density at radius 2 is 1.84 bits per heavy atom. The number of hydrogen-bond acceptors (Lipinski definition) is 9. The standard InChI is InChI=1S/C39H63N5O5/c1-23(2)19-41-21-33-34(26(5)45)35(38(47)42-20-24(3)32-15-25(4)39(32,6)7)44(49-33)22-27-13-12-14-31(36(27)48-11)28-16-29(37(46)40-8)18-30(17-28)43(9)10/h12-14,16-18,23-26,32-35,37,40-41,45-46H,15,19-22H2,1-11H3,(H,42,47)/t24-,25+,26+,32+,33+,34-,35+,37?/m1/s1. The minimum Gasteiger partial charge on any atom is -0.496 e. The zero-order chi connectivity index (χ0) is 36.2. The first-order valence-electron chi connectivity index (χ1n) is 18.0. The van der Waals surface area contributed by atoms with Gasteiger partial charge in [-0.25, -0.2) is 0 Å². The molecule has 1 aliphatic heterocycles. The van der Waals surface area contributed by atoms with Crippen LogP contribution in [0.4, 0.5) is 5.69 Å². The van der Waals surface area contributed by atoms with E-state index in [4.69, 9.17) is 9.57 Å². The van der Waals surface area contributed by atoms with E-state index in [9.17, 15) is 15.0 Å². The molecule has 49 heavy (non-hydrogen) atoms. The van der Waals surface area contributed by atoms with Gasteiger partial charge in [0.2, 0.25) is 5.91 Å². The third-order valence-corrected chi connectivity index (χ3v) is 11.2. The Labute approximate surface area is 294 Å². The van der Waals surface area contributed by atoms with E-state index in [2.05, 4.69) is 63.6 Å². The van der Waals surface area contributed by atoms with E-state index in [0.29, 0.717) is 42.5 Å². The molecule has 0 aromatic heterocycles. The lowest BCUT2D eigenvalue weighted by molar-refractivity contribution is -0.175. The fourth-order valence-electron chi connectivity index (χ4n) is 7.79. The van der Waals surface area contributed by atoms with Crippen LogP contribution < -0.4 is 25.6 Å². The lowest BCUT2D eigenvalue weighted by atomic mass is 9.52. The number of aliphatic hydroxyl groups is 2. The summed E-state index contributed by atoms with van der Waals surface area (Å²) < 4.78 is 6.07. The van der Waals surface area contributed by atoms with E-state index in [1.165, 1.54) is 6.42 Å². The Morgan fingerprint density at radius 3 is 2.41 bits per heavy atom. The van der Waals surface area contributed by atoms with Crippen LogP contribution in [0.3, 0.4) is 0 Å². The number of aliphatic hydroxyl groups excluding tert-OH is 2. The van der Waals surface area contributed by atoms with Crippen LogP contribution in [0.1, 0.15) is 72.2 Å². The first kappa shape index (κ1) is 39.1. The molecule has 2 aromatic rings. The number of benzene rings is 2. The summed E-state index contributed by atoms with van der Waals surface area (Å²) in [5.74, 6) is 2.10. The summed E-state index contributed by atoms with van der Waals surface area (Å²) in [5, 5.41) is 33.2. The molecule has 0 radical (unpaired) electrons. The summed E-state index contributed by atoms with van der Waals surface area (Å²) in [5.41, 5.74) is 4.54. The third kappa shape index (κ3) is 8.78. The Bertz CT molecular complexity index is 1400. The number of amides is 1. The summed E-state index contributed by atoms with van der Waals surface area (Å²) in [6.07, 6.45) is -0.819. The van der Waals surface area contributed by atoms with Gasteiger partial charge in [-0.3, -0.25) is 14.9 Å². The molecule has 1 saturated carbocycles. The summed E-state index contributed by atoms with van der Waals surface area (Å²) in [6.45, 7) is 17.4. The largest absolute Gasteiger partial charge is 0.496 e. The number of para-hydroxylation sites is 1. The second kappa shape index (κ2) is 16.5. The maximum absolute atomic E-state index is 14.2. The third-order valence-electron chi connectivity index (χ3n) is 11.2. The van der Waals surface area contributed by atoms with Crippen LogP contribution in [0.25, 0.3) is 11.1 Å². The van der Waals surface area contributed by atoms with E-state index in [-0.39, 0.29) is 17.9 Å². The van der Waals surface area contributed by atoms with Crippen LogP contribution >= 0.6 is 0 Å². The smallest absolute Gasteiger partial charge is 0.240 e. The fourth-order valence-corrected chi connectivity index (χ4v) is 7.79. The molecule has 2 aliphatic rings. The van der Waals surface area contributed by atoms with Crippen molar-refractivity contribution in [3.05, 3.63) is 47.5 Å². The number of nitrogens with zero attached hydrogens (tertiary/aromatic N) is 2. The zero-order valence-electron chi connectivity index (χ0n) is 31.7. The topological polar surface area (TPSA) is 119 Å². The van der Waals surface area contributed by atoms with Gasteiger partial charge < -0.3 is 30.5 Å². The van der Waals surface area contributed by atoms with E-state index >= 15 is 0 Å². The molecule has 1 heterocycles. The first-order valence-corrected chi connectivity index (χ1v) is 18.0. The monoisotopic (exact) mass is 681 g/mol. The molecule has 8 atom stereocenters. The number of nitrogens with one attached hydrogen (secondary N) is 3. The van der Waals surface area contributed by atoms with Gasteiger partial charge in [-0.15, -0.1) is 0 Å². The molecule has 1 saturated heterocycles. The van der Waals surface area contributed by atoms with Crippen molar-refractivity contribution in [2.45, 2.75) is 85.9 Å². The Kier molecular flexibility index (Phi) is 13.2. The summed E-state index contributed by atoms with van der Waals surface area (Å²) in [7, 11) is 7.31. The number of hydroxylamine groups is 2. The minimum atomic E-state index is -0.828. The van der Waals surface area contributed by atoms with Gasteiger partial charge in [0.1, 0.15) is 18.0 Å². The maximum atomic E-state index is 14.2. The number of ether oxygens (including phenoxy) is 1. The highest BCUT2D eigenvalue weighted by molar-refractivity contribution is 5.82. The summed E-state index contributed by atoms with van der Waals surface area (Å²) >= 11 is 0. The lowest BCUT2D eigenvalue weighted by Gasteiger charge is -2.53. The molecular weight excluding hydrogens is 618 g/mol. The summed E-state index contributed by atoms with van der Waals surface area (Å²) in [4.78, 5) is 22.8. The number of methoxy groups -OCH3 is 1. The predicted molar refractivity (Wildman–Crippen MR) is 197 cm³/mol. The van der Waals surface area contributed by atoms with E-state index in [0.717, 1.165) is 34.5 Å². The molecular formula is C39H63N5O5. The molecule has 0 bridgehead atoms. The average Bonchev–Trinajstić information content (AvgIpc) is 3.42. The molecule has 1 unspecified atom stereocenters. The van der Waals surface area contributed by atoms with Gasteiger partial charge >= 0.3 is 0 Å². The van der Waals surface area contributed by atoms with Crippen LogP contribution in [0.2, 0.25) is 0 Å². The molecule has 5 N–H and O–H groups in total. The highest BCUT2D eigenvalue weighted by atomic mass is 16.7. The minimum absolute atomic E-state index is 0.131. The predicted octanol–water partition coefficient (Wildman–Crippen LogP) is 4.80. The number of hydrogen-bond donors (Lipinski definition) is 5. The van der Waals surface area contributed by atoms with Crippen molar-refractivity contribution < 1.29 is 24.6 Å². The first-order chi connectivity index (χ1) is 23.1. The van der Waals surface area contributed by atoms with E-state index in [1.807, 2.05) is 49.3 Å². The quantitative estimate of drug-likeness (QED) is 0.159. The summed E-state index contributed by atoms with van der Waals surface area (Å²) in [6, 6.07) is 11.3. The fraction of sp³-hybridized carbons (Fsp3) is 0.667. The van der Waals surface area contributed by atoms with Crippen LogP contribution in [0, 0.1) is 35.0 Å². The van der Waals surface area contributed by atoms with Crippen molar-refractivity contribution in [3.63, 3.8) is 0 Å². The van der Waals surface area contributed by atoms with Crippen molar-refractivity contribution in [3.8, 4) is 16.9 Å². The number of anilines is 1. The van der Waals surface area contributed by atoms with Crippen molar-refractivity contribution in [1.82, 2.24) is 21.0 Å². The molecule has 274 valence electrons. The van der Waals surface area contributed by atoms with Gasteiger partial charge in [0.25, 0.3) is 0 Å². The molecule has 1 amide bonds. The molecule has 0 spiro atoms. The second-order valence-corrected chi connectivity index (χ2v) is 15.7. The van der Waals surface area contributed by atoms with Gasteiger partial charge in [0.15, 0.2) is 0 Å². The van der Waals surface area contributed by atoms with Gasteiger partial charge in [0.05, 0.1) is 25.9 Å². The molecule has 2 aromatic carbocycles. The Hall–Kier alpha value is -2.73. The Morgan fingerprint density at radius 1 is 1.12 bits per heavy atom. The molecule has 4 rings (SSSR count). The number of carbonyl (C=O) groups excluding carboxylic acids is 1. The highest BCUT2D eigenvalue weighted by Crippen LogP contribution is 2.54. The van der Waals surface area contributed by atoms with Gasteiger partial charge in [-0.05, 0) is 85.3 Å². The number of rotatable bonds is 16. The average molecular weight is 682 g/mol. The van der Waals surface area contributed by atoms with E-state index in [1.54, 1.807) is 26.1 Å². The van der Waals surface area contributed by atoms with Crippen LogP contribution in [0.5, 0.6) is 5.75 Å². The molecule has 10 heteroatoms. The Balaban J connectivity index is 1.67. The SMILES string of the molecule is CNC(O)c1cc(-c2cccc(CN3O[C@@H](CNCC(C)C)[C@@H]([C@H](C)O)[C@H]3C(=O)NC[C@@H](C)[C@@H]3C[C@H](C)C3(C)C)c2OC)cc(N(C)C)c1. The number of carbonyl (C=O) groups is 1. The van der Waals surface area contributed by atoms with Crippen molar-refractivity contribution >= 4 is 11.6 Å². The molecule has 2 fully saturated rings. The van der Waals surface area contributed by atoms with Crippen LogP contribution in [0.15, 0.2) is 36.4 Å². The van der Waals surface area contributed by atoms with Gasteiger partial charge in [-0.1, -0.05) is 59.7 Å². The molecule has 10 nitrogen and oxygen atoms in total. The maximum Gasteiger partial charge on any atom is 0.240 e. The van der Waals surface area contributed by atoms with Crippen LogP contribution in [-0.4, -0.2) is 87.3 Å². The van der Waals surface area contributed by atoms with Gasteiger partial charge in [0, 0.05) is 49.9 Å².